The van der Waals surface area contributed by atoms with E-state index in [-0.39, 0.29) is 24.2 Å². The van der Waals surface area contributed by atoms with Crippen molar-refractivity contribution in [1.29, 1.82) is 0 Å². The van der Waals surface area contributed by atoms with Crippen LogP contribution in [-0.4, -0.2) is 78.4 Å². The van der Waals surface area contributed by atoms with E-state index in [1.807, 2.05) is 0 Å². The Hall–Kier alpha value is -1.92. The lowest BCUT2D eigenvalue weighted by Crippen LogP contribution is -2.52. The highest BCUT2D eigenvalue weighted by Crippen LogP contribution is 2.30. The molecule has 0 radical (unpaired) electrons. The van der Waals surface area contributed by atoms with Gasteiger partial charge in [-0.1, -0.05) is 24.3 Å². The number of fused-ring (bicyclic) bond motifs is 1. The molecule has 2 heterocycles. The number of hydrogen-bond acceptors (Lipinski definition) is 4. The van der Waals surface area contributed by atoms with Crippen LogP contribution in [0.15, 0.2) is 24.3 Å². The van der Waals surface area contributed by atoms with E-state index in [1.165, 1.54) is 36.8 Å². The molecule has 2 saturated heterocycles. The minimum absolute atomic E-state index is 0.0546. The Morgan fingerprint density at radius 2 is 1.67 bits per heavy atom. The van der Waals surface area contributed by atoms with Crippen molar-refractivity contribution in [3.63, 3.8) is 0 Å². The van der Waals surface area contributed by atoms with Crippen molar-refractivity contribution in [2.45, 2.75) is 57.0 Å². The smallest absolute Gasteiger partial charge is 0.226 e. The third-order valence-electron chi connectivity index (χ3n) is 7.43. The number of rotatable bonds is 6. The van der Waals surface area contributed by atoms with E-state index in [2.05, 4.69) is 34.1 Å². The normalized spacial score (nSPS) is 24.0. The molecule has 1 aromatic carbocycles. The molecule has 164 valence electrons. The first-order valence-electron chi connectivity index (χ1n) is 11.6. The summed E-state index contributed by atoms with van der Waals surface area (Å²) in [4.78, 5) is 30.8. The zero-order chi connectivity index (χ0) is 21.1. The van der Waals surface area contributed by atoms with Gasteiger partial charge in [-0.25, -0.2) is 0 Å². The molecular weight excluding hydrogens is 376 g/mol. The molecule has 6 heteroatoms. The van der Waals surface area contributed by atoms with Gasteiger partial charge < -0.3 is 10.6 Å². The lowest BCUT2D eigenvalue weighted by atomic mass is 9.92. The van der Waals surface area contributed by atoms with E-state index < -0.39 is 0 Å². The van der Waals surface area contributed by atoms with Gasteiger partial charge in [0.1, 0.15) is 0 Å². The maximum atomic E-state index is 12.8. The van der Waals surface area contributed by atoms with E-state index >= 15 is 0 Å². The SMILES string of the molecule is CN(CCC(N)=O)C(=O)[C@H]1CCCN(C2CCN(C3Cc4ccccc4C3)CC2)C1. The number of amides is 2. The number of nitrogens with zero attached hydrogens (tertiary/aromatic N) is 3. The molecule has 0 unspecified atom stereocenters. The van der Waals surface area contributed by atoms with Crippen LogP contribution < -0.4 is 5.73 Å². The molecule has 1 atom stereocenters. The topological polar surface area (TPSA) is 69.9 Å². The largest absolute Gasteiger partial charge is 0.370 e. The van der Waals surface area contributed by atoms with E-state index in [1.54, 1.807) is 11.9 Å². The summed E-state index contributed by atoms with van der Waals surface area (Å²) in [5, 5.41) is 0. The van der Waals surface area contributed by atoms with Gasteiger partial charge in [0.25, 0.3) is 0 Å². The van der Waals surface area contributed by atoms with Crippen LogP contribution in [0, 0.1) is 5.92 Å². The van der Waals surface area contributed by atoms with Crippen LogP contribution in [0.2, 0.25) is 0 Å². The van der Waals surface area contributed by atoms with Gasteiger partial charge in [0.2, 0.25) is 11.8 Å². The lowest BCUT2D eigenvalue weighted by molar-refractivity contribution is -0.136. The molecule has 0 saturated carbocycles. The van der Waals surface area contributed by atoms with Crippen molar-refractivity contribution in [2.24, 2.45) is 11.7 Å². The molecule has 1 aliphatic carbocycles. The highest BCUT2D eigenvalue weighted by Gasteiger charge is 2.35. The molecule has 30 heavy (non-hydrogen) atoms. The van der Waals surface area contributed by atoms with Gasteiger partial charge >= 0.3 is 0 Å². The Balaban J connectivity index is 1.25. The first-order chi connectivity index (χ1) is 14.5. The van der Waals surface area contributed by atoms with Crippen molar-refractivity contribution in [3.8, 4) is 0 Å². The van der Waals surface area contributed by atoms with Crippen LogP contribution in [0.1, 0.15) is 43.2 Å². The third kappa shape index (κ3) is 4.86. The van der Waals surface area contributed by atoms with Gasteiger partial charge in [-0.05, 0) is 69.3 Å². The molecule has 4 rings (SSSR count). The second kappa shape index (κ2) is 9.48. The van der Waals surface area contributed by atoms with Crippen LogP contribution in [0.5, 0.6) is 0 Å². The molecule has 0 aromatic heterocycles. The number of carbonyl (C=O) groups is 2. The minimum atomic E-state index is -0.350. The van der Waals surface area contributed by atoms with Gasteiger partial charge in [0, 0.05) is 38.6 Å². The number of piperidine rings is 2. The van der Waals surface area contributed by atoms with Gasteiger partial charge in [-0.2, -0.15) is 0 Å². The Morgan fingerprint density at radius 3 is 2.30 bits per heavy atom. The number of benzene rings is 1. The van der Waals surface area contributed by atoms with Crippen molar-refractivity contribution >= 4 is 11.8 Å². The van der Waals surface area contributed by atoms with Crippen molar-refractivity contribution < 1.29 is 9.59 Å². The van der Waals surface area contributed by atoms with Crippen molar-refractivity contribution in [2.75, 3.05) is 39.8 Å². The predicted octanol–water partition coefficient (Wildman–Crippen LogP) is 1.66. The van der Waals surface area contributed by atoms with Crippen LogP contribution >= 0.6 is 0 Å². The molecule has 3 aliphatic rings. The monoisotopic (exact) mass is 412 g/mol. The summed E-state index contributed by atoms with van der Waals surface area (Å²) < 4.78 is 0. The molecule has 2 amide bonds. The fraction of sp³-hybridized carbons (Fsp3) is 0.667. The van der Waals surface area contributed by atoms with Gasteiger partial charge in [0.15, 0.2) is 0 Å². The van der Waals surface area contributed by atoms with E-state index in [4.69, 9.17) is 5.73 Å². The zero-order valence-electron chi connectivity index (χ0n) is 18.3. The molecule has 0 spiro atoms. The second-order valence-electron chi connectivity index (χ2n) is 9.41. The summed E-state index contributed by atoms with van der Waals surface area (Å²) >= 11 is 0. The number of carbonyl (C=O) groups excluding carboxylic acids is 2. The summed E-state index contributed by atoms with van der Waals surface area (Å²) in [6.07, 6.45) is 7.06. The lowest BCUT2D eigenvalue weighted by Gasteiger charge is -2.43. The van der Waals surface area contributed by atoms with Crippen molar-refractivity contribution in [3.05, 3.63) is 35.4 Å². The first kappa shape index (κ1) is 21.3. The summed E-state index contributed by atoms with van der Waals surface area (Å²) in [5.74, 6) is -0.127. The quantitative estimate of drug-likeness (QED) is 0.772. The molecule has 1 aromatic rings. The molecule has 2 aliphatic heterocycles. The highest BCUT2D eigenvalue weighted by atomic mass is 16.2. The Kier molecular flexibility index (Phi) is 6.74. The number of hydrogen-bond donors (Lipinski definition) is 1. The molecule has 2 fully saturated rings. The number of primary amides is 1. The standard InChI is InChI=1S/C24H36N4O2/c1-26(12-10-23(25)29)24(30)20-7-4-11-28(17-20)21-8-13-27(14-9-21)22-15-18-5-2-3-6-19(18)16-22/h2-3,5-6,20-22H,4,7-17H2,1H3,(H2,25,29)/t20-/m0/s1. The van der Waals surface area contributed by atoms with Crippen molar-refractivity contribution in [1.82, 2.24) is 14.7 Å². The number of nitrogens with two attached hydrogens (primary N) is 1. The molecule has 2 N–H and O–H groups in total. The molecular formula is C24H36N4O2. The summed E-state index contributed by atoms with van der Waals surface area (Å²) in [6.45, 7) is 4.72. The van der Waals surface area contributed by atoms with E-state index in [0.29, 0.717) is 18.6 Å². The Labute approximate surface area is 180 Å². The second-order valence-corrected chi connectivity index (χ2v) is 9.41. The fourth-order valence-electron chi connectivity index (χ4n) is 5.65. The molecule has 0 bridgehead atoms. The maximum absolute atomic E-state index is 12.8. The van der Waals surface area contributed by atoms with Gasteiger partial charge in [-0.3, -0.25) is 19.4 Å². The minimum Gasteiger partial charge on any atom is -0.370 e. The third-order valence-corrected chi connectivity index (χ3v) is 7.43. The van der Waals surface area contributed by atoms with E-state index in [0.717, 1.165) is 39.0 Å². The highest BCUT2D eigenvalue weighted by molar-refractivity contribution is 5.80. The average Bonchev–Trinajstić information content (AvgIpc) is 3.21. The van der Waals surface area contributed by atoms with Gasteiger partial charge in [-0.15, -0.1) is 0 Å². The van der Waals surface area contributed by atoms with E-state index in [9.17, 15) is 9.59 Å². The Bertz CT molecular complexity index is 734. The predicted molar refractivity (Wildman–Crippen MR) is 118 cm³/mol. The van der Waals surface area contributed by atoms with Crippen LogP contribution in [0.25, 0.3) is 0 Å². The summed E-state index contributed by atoms with van der Waals surface area (Å²) in [6, 6.07) is 10.1. The van der Waals surface area contributed by atoms with Crippen LogP contribution in [0.4, 0.5) is 0 Å². The number of likely N-dealkylation sites (tertiary alicyclic amines) is 2. The Morgan fingerprint density at radius 1 is 1.00 bits per heavy atom. The fourth-order valence-corrected chi connectivity index (χ4v) is 5.65. The van der Waals surface area contributed by atoms with Gasteiger partial charge in [0.05, 0.1) is 5.92 Å². The maximum Gasteiger partial charge on any atom is 0.226 e. The summed E-state index contributed by atoms with van der Waals surface area (Å²) in [5.41, 5.74) is 8.29. The van der Waals surface area contributed by atoms with Crippen LogP contribution in [-0.2, 0) is 22.4 Å². The first-order valence-corrected chi connectivity index (χ1v) is 11.6. The van der Waals surface area contributed by atoms with Crippen LogP contribution in [0.3, 0.4) is 0 Å². The zero-order valence-corrected chi connectivity index (χ0v) is 18.3. The molecule has 6 nitrogen and oxygen atoms in total. The average molecular weight is 413 g/mol. The summed E-state index contributed by atoms with van der Waals surface area (Å²) in [7, 11) is 1.79.